The molecule has 0 aromatic heterocycles. The lowest BCUT2D eigenvalue weighted by atomic mass is 9.51. The van der Waals surface area contributed by atoms with Crippen LogP contribution in [0.5, 0.6) is 11.5 Å². The van der Waals surface area contributed by atoms with Crippen molar-refractivity contribution in [1.29, 1.82) is 0 Å². The summed E-state index contributed by atoms with van der Waals surface area (Å²) in [6, 6.07) is 4.23. The number of Topliss-reactive ketones (excluding diaryl/α,β-unsaturated/α-hetero) is 1. The van der Waals surface area contributed by atoms with Gasteiger partial charge in [0.05, 0.1) is 7.11 Å². The molecule has 5 nitrogen and oxygen atoms in total. The zero-order valence-corrected chi connectivity index (χ0v) is 15.5. The van der Waals surface area contributed by atoms with E-state index in [4.69, 9.17) is 9.47 Å². The summed E-state index contributed by atoms with van der Waals surface area (Å²) >= 11 is 0. The second-order valence-corrected chi connectivity index (χ2v) is 7.82. The van der Waals surface area contributed by atoms with Crippen LogP contribution in [0.3, 0.4) is 0 Å². The molecule has 2 bridgehead atoms. The highest BCUT2D eigenvalue weighted by molar-refractivity contribution is 5.86. The number of fused-ring (bicyclic) bond motifs is 1. The fourth-order valence-corrected chi connectivity index (χ4v) is 5.73. The fourth-order valence-electron chi connectivity index (χ4n) is 5.73. The SMILES string of the molecule is C=CCN1CC[C@@]23CC(=O)C(OC)C[C@@H]2C1Cc1ccc(OC)c(O)c13. The van der Waals surface area contributed by atoms with Crippen molar-refractivity contribution >= 4 is 5.78 Å². The average Bonchev–Trinajstić information content (AvgIpc) is 2.63. The number of piperidine rings is 1. The predicted molar refractivity (Wildman–Crippen MR) is 98.7 cm³/mol. The third-order valence-electron chi connectivity index (χ3n) is 6.83. The molecule has 1 saturated carbocycles. The number of carbonyl (C=O) groups excluding carboxylic acids is 1. The monoisotopic (exact) mass is 357 g/mol. The predicted octanol–water partition coefficient (Wildman–Crippen LogP) is 2.45. The van der Waals surface area contributed by atoms with E-state index < -0.39 is 0 Å². The highest BCUT2D eigenvalue weighted by Gasteiger charge is 2.58. The quantitative estimate of drug-likeness (QED) is 0.839. The Morgan fingerprint density at radius 2 is 2.23 bits per heavy atom. The second-order valence-electron chi connectivity index (χ2n) is 7.82. The van der Waals surface area contributed by atoms with Crippen molar-refractivity contribution in [1.82, 2.24) is 4.90 Å². The number of methoxy groups -OCH3 is 2. The second kappa shape index (κ2) is 6.39. The van der Waals surface area contributed by atoms with Crippen LogP contribution < -0.4 is 4.74 Å². The molecule has 4 atom stereocenters. The van der Waals surface area contributed by atoms with Crippen LogP contribution in [0, 0.1) is 5.92 Å². The molecule has 5 heteroatoms. The molecular formula is C21H27NO4. The Bertz CT molecular complexity index is 746. The van der Waals surface area contributed by atoms with Crippen molar-refractivity contribution < 1.29 is 19.4 Å². The van der Waals surface area contributed by atoms with E-state index in [9.17, 15) is 9.90 Å². The van der Waals surface area contributed by atoms with Gasteiger partial charge in [-0.2, -0.15) is 0 Å². The number of hydrogen-bond acceptors (Lipinski definition) is 5. The molecular weight excluding hydrogens is 330 g/mol. The van der Waals surface area contributed by atoms with Crippen molar-refractivity contribution in [3.63, 3.8) is 0 Å². The smallest absolute Gasteiger partial charge is 0.162 e. The Morgan fingerprint density at radius 1 is 1.42 bits per heavy atom. The number of ether oxygens (including phenoxy) is 2. The maximum absolute atomic E-state index is 12.8. The summed E-state index contributed by atoms with van der Waals surface area (Å²) in [5.74, 6) is 1.14. The third-order valence-corrected chi connectivity index (χ3v) is 6.83. The number of likely N-dealkylation sites (tertiary alicyclic amines) is 1. The first-order valence-corrected chi connectivity index (χ1v) is 9.35. The largest absolute Gasteiger partial charge is 0.504 e. The Hall–Kier alpha value is -1.85. The van der Waals surface area contributed by atoms with Crippen LogP contribution in [0.15, 0.2) is 24.8 Å². The number of benzene rings is 1. The molecule has 0 amide bonds. The van der Waals surface area contributed by atoms with Crippen LogP contribution in [0.2, 0.25) is 0 Å². The number of aromatic hydroxyl groups is 1. The van der Waals surface area contributed by atoms with E-state index >= 15 is 0 Å². The van der Waals surface area contributed by atoms with Gasteiger partial charge in [-0.25, -0.2) is 0 Å². The van der Waals surface area contributed by atoms with Crippen LogP contribution in [0.1, 0.15) is 30.4 Å². The van der Waals surface area contributed by atoms with Gasteiger partial charge in [0, 0.05) is 37.1 Å². The van der Waals surface area contributed by atoms with E-state index in [0.717, 1.165) is 37.1 Å². The van der Waals surface area contributed by atoms with Crippen LogP contribution in [0.4, 0.5) is 0 Å². The van der Waals surface area contributed by atoms with Gasteiger partial charge in [0.1, 0.15) is 6.10 Å². The first-order valence-electron chi connectivity index (χ1n) is 9.35. The number of phenols is 1. The first-order chi connectivity index (χ1) is 12.6. The van der Waals surface area contributed by atoms with E-state index in [2.05, 4.69) is 17.5 Å². The standard InChI is InChI=1S/C21H27NO4/c1-4-8-22-9-7-21-12-16(23)18(26-3)11-14(21)15(22)10-13-5-6-17(25-2)20(24)19(13)21/h4-6,14-15,18,24H,1,7-12H2,2-3H3/t14-,15?,18?,21-/m1/s1. The highest BCUT2D eigenvalue weighted by Crippen LogP contribution is 2.58. The number of phenolic OH excluding ortho intramolecular Hbond substituents is 1. The molecule has 2 aliphatic carbocycles. The van der Waals surface area contributed by atoms with E-state index in [1.807, 2.05) is 12.1 Å². The molecule has 1 aliphatic heterocycles. The minimum atomic E-state index is -0.339. The van der Waals surface area contributed by atoms with E-state index in [1.54, 1.807) is 14.2 Å². The van der Waals surface area contributed by atoms with E-state index in [0.29, 0.717) is 24.6 Å². The third kappa shape index (κ3) is 2.33. The normalized spacial score (nSPS) is 33.3. The molecule has 26 heavy (non-hydrogen) atoms. The lowest BCUT2D eigenvalue weighted by Crippen LogP contribution is -2.63. The summed E-state index contributed by atoms with van der Waals surface area (Å²) in [5.41, 5.74) is 1.77. The molecule has 4 rings (SSSR count). The fraction of sp³-hybridized carbons (Fsp3) is 0.571. The van der Waals surface area contributed by atoms with Crippen LogP contribution in [0.25, 0.3) is 0 Å². The molecule has 1 heterocycles. The van der Waals surface area contributed by atoms with Gasteiger partial charge in [0.2, 0.25) is 0 Å². The minimum absolute atomic E-state index is 0.148. The molecule has 140 valence electrons. The minimum Gasteiger partial charge on any atom is -0.504 e. The Morgan fingerprint density at radius 3 is 2.92 bits per heavy atom. The number of rotatable bonds is 4. The van der Waals surface area contributed by atoms with Crippen molar-refractivity contribution in [2.75, 3.05) is 27.3 Å². The summed E-state index contributed by atoms with van der Waals surface area (Å²) in [7, 11) is 3.19. The summed E-state index contributed by atoms with van der Waals surface area (Å²) in [5, 5.41) is 11.0. The van der Waals surface area contributed by atoms with Crippen molar-refractivity contribution in [2.45, 2.75) is 43.2 Å². The molecule has 1 aromatic rings. The number of nitrogens with zero attached hydrogens (tertiary/aromatic N) is 1. The summed E-state index contributed by atoms with van der Waals surface area (Å²) in [6.45, 7) is 5.67. The molecule has 3 aliphatic rings. The lowest BCUT2D eigenvalue weighted by Gasteiger charge is -2.59. The molecule has 1 N–H and O–H groups in total. The number of ketones is 1. The molecule has 0 spiro atoms. The zero-order valence-electron chi connectivity index (χ0n) is 15.5. The van der Waals surface area contributed by atoms with Gasteiger partial charge in [-0.05, 0) is 43.4 Å². The van der Waals surface area contributed by atoms with Crippen molar-refractivity contribution in [2.24, 2.45) is 5.92 Å². The van der Waals surface area contributed by atoms with Crippen LogP contribution in [-0.2, 0) is 21.4 Å². The van der Waals surface area contributed by atoms with Crippen molar-refractivity contribution in [3.8, 4) is 11.5 Å². The van der Waals surface area contributed by atoms with E-state index in [1.165, 1.54) is 0 Å². The molecule has 1 saturated heterocycles. The molecule has 2 fully saturated rings. The zero-order chi connectivity index (χ0) is 18.5. The number of hydrogen-bond donors (Lipinski definition) is 1. The molecule has 0 radical (unpaired) electrons. The van der Waals surface area contributed by atoms with Gasteiger partial charge in [-0.1, -0.05) is 12.1 Å². The Balaban J connectivity index is 1.88. The average molecular weight is 357 g/mol. The molecule has 2 unspecified atom stereocenters. The number of carbonyl (C=O) groups is 1. The lowest BCUT2D eigenvalue weighted by molar-refractivity contribution is -0.142. The topological polar surface area (TPSA) is 59.0 Å². The van der Waals surface area contributed by atoms with Gasteiger partial charge in [0.15, 0.2) is 17.3 Å². The van der Waals surface area contributed by atoms with E-state index in [-0.39, 0.29) is 29.0 Å². The van der Waals surface area contributed by atoms with Gasteiger partial charge >= 0.3 is 0 Å². The maximum atomic E-state index is 12.8. The highest BCUT2D eigenvalue weighted by atomic mass is 16.5. The Labute approximate surface area is 154 Å². The van der Waals surface area contributed by atoms with Gasteiger partial charge in [-0.3, -0.25) is 9.69 Å². The van der Waals surface area contributed by atoms with Crippen LogP contribution in [-0.4, -0.2) is 55.2 Å². The maximum Gasteiger partial charge on any atom is 0.162 e. The molecule has 1 aromatic carbocycles. The van der Waals surface area contributed by atoms with Gasteiger partial charge < -0.3 is 14.6 Å². The van der Waals surface area contributed by atoms with Gasteiger partial charge in [-0.15, -0.1) is 6.58 Å². The summed E-state index contributed by atoms with van der Waals surface area (Å²) in [4.78, 5) is 15.3. The Kier molecular flexibility index (Phi) is 4.32. The first kappa shape index (κ1) is 17.6. The summed E-state index contributed by atoms with van der Waals surface area (Å²) in [6.07, 6.45) is 4.49. The van der Waals surface area contributed by atoms with Crippen LogP contribution >= 0.6 is 0 Å². The summed E-state index contributed by atoms with van der Waals surface area (Å²) < 4.78 is 10.9. The van der Waals surface area contributed by atoms with Crippen molar-refractivity contribution in [3.05, 3.63) is 35.9 Å². The van der Waals surface area contributed by atoms with Gasteiger partial charge in [0.25, 0.3) is 0 Å².